The van der Waals surface area contributed by atoms with Crippen LogP contribution in [-0.4, -0.2) is 37.1 Å². The first kappa shape index (κ1) is 26.9. The molecular formula is C31H28N2O6. The molecule has 0 atom stereocenters. The van der Waals surface area contributed by atoms with Crippen LogP contribution in [0.25, 0.3) is 0 Å². The SMILES string of the molecule is COC(=O)c1cccc(NC(=O)N(Cc2ccccc2)Cc2ccc(Oc3ccccc3)cc2)c1C(=O)OC. The fourth-order valence-electron chi connectivity index (χ4n) is 3.96. The van der Waals surface area contributed by atoms with Gasteiger partial charge in [0.2, 0.25) is 0 Å². The summed E-state index contributed by atoms with van der Waals surface area (Å²) < 4.78 is 15.6. The Kier molecular flexibility index (Phi) is 8.92. The van der Waals surface area contributed by atoms with E-state index in [1.807, 2.05) is 84.9 Å². The van der Waals surface area contributed by atoms with E-state index in [9.17, 15) is 14.4 Å². The molecular weight excluding hydrogens is 496 g/mol. The number of ether oxygens (including phenoxy) is 3. The van der Waals surface area contributed by atoms with Crippen molar-refractivity contribution < 1.29 is 28.6 Å². The molecule has 0 saturated carbocycles. The number of esters is 2. The lowest BCUT2D eigenvalue weighted by Gasteiger charge is -2.24. The number of carbonyl (C=O) groups is 3. The molecule has 4 rings (SSSR count). The van der Waals surface area contributed by atoms with E-state index in [2.05, 4.69) is 5.32 Å². The van der Waals surface area contributed by atoms with Crippen LogP contribution >= 0.6 is 0 Å². The zero-order valence-corrected chi connectivity index (χ0v) is 21.6. The van der Waals surface area contributed by atoms with Gasteiger partial charge < -0.3 is 24.4 Å². The number of nitrogens with zero attached hydrogens (tertiary/aromatic N) is 1. The van der Waals surface area contributed by atoms with Gasteiger partial charge in [-0.3, -0.25) is 0 Å². The molecule has 0 fully saturated rings. The number of amides is 2. The van der Waals surface area contributed by atoms with Crippen molar-refractivity contribution in [3.63, 3.8) is 0 Å². The molecule has 0 saturated heterocycles. The molecule has 0 bridgehead atoms. The Morgan fingerprint density at radius 2 is 1.21 bits per heavy atom. The molecule has 0 aliphatic carbocycles. The van der Waals surface area contributed by atoms with Crippen molar-refractivity contribution in [3.8, 4) is 11.5 Å². The van der Waals surface area contributed by atoms with Gasteiger partial charge in [0.1, 0.15) is 11.5 Å². The van der Waals surface area contributed by atoms with Crippen LogP contribution in [0.3, 0.4) is 0 Å². The number of anilines is 1. The second kappa shape index (κ2) is 12.9. The number of para-hydroxylation sites is 1. The summed E-state index contributed by atoms with van der Waals surface area (Å²) in [6.45, 7) is 0.579. The van der Waals surface area contributed by atoms with Crippen molar-refractivity contribution in [2.24, 2.45) is 0 Å². The molecule has 4 aromatic rings. The summed E-state index contributed by atoms with van der Waals surface area (Å²) in [6.07, 6.45) is 0. The van der Waals surface area contributed by atoms with E-state index >= 15 is 0 Å². The van der Waals surface area contributed by atoms with E-state index in [1.54, 1.807) is 11.0 Å². The Labute approximate surface area is 226 Å². The number of nitrogens with one attached hydrogen (secondary N) is 1. The van der Waals surface area contributed by atoms with Crippen LogP contribution in [0.15, 0.2) is 103 Å². The van der Waals surface area contributed by atoms with Gasteiger partial charge in [0, 0.05) is 13.1 Å². The monoisotopic (exact) mass is 524 g/mol. The first-order chi connectivity index (χ1) is 19.0. The highest BCUT2D eigenvalue weighted by atomic mass is 16.5. The minimum Gasteiger partial charge on any atom is -0.465 e. The quantitative estimate of drug-likeness (QED) is 0.259. The molecule has 8 nitrogen and oxygen atoms in total. The number of benzene rings is 4. The summed E-state index contributed by atoms with van der Waals surface area (Å²) in [7, 11) is 2.42. The molecule has 8 heteroatoms. The van der Waals surface area contributed by atoms with Crippen LogP contribution in [0.4, 0.5) is 10.5 Å². The normalized spacial score (nSPS) is 10.3. The minimum atomic E-state index is -0.769. The van der Waals surface area contributed by atoms with Crippen LogP contribution in [0, 0.1) is 0 Å². The van der Waals surface area contributed by atoms with Crippen LogP contribution in [0.1, 0.15) is 31.8 Å². The zero-order valence-electron chi connectivity index (χ0n) is 21.6. The molecule has 0 aliphatic heterocycles. The molecule has 0 unspecified atom stereocenters. The van der Waals surface area contributed by atoms with Crippen molar-refractivity contribution in [3.05, 3.63) is 125 Å². The van der Waals surface area contributed by atoms with Crippen LogP contribution in [0.5, 0.6) is 11.5 Å². The Bertz CT molecular complexity index is 1420. The Morgan fingerprint density at radius 1 is 0.641 bits per heavy atom. The minimum absolute atomic E-state index is 0.00855. The lowest BCUT2D eigenvalue weighted by Crippen LogP contribution is -2.34. The summed E-state index contributed by atoms with van der Waals surface area (Å²) in [6, 6.07) is 30.5. The number of hydrogen-bond acceptors (Lipinski definition) is 6. The highest BCUT2D eigenvalue weighted by Gasteiger charge is 2.25. The predicted molar refractivity (Wildman–Crippen MR) is 147 cm³/mol. The molecule has 0 spiro atoms. The molecule has 0 aliphatic rings. The van der Waals surface area contributed by atoms with E-state index in [-0.39, 0.29) is 23.4 Å². The molecule has 0 aromatic heterocycles. The highest BCUT2D eigenvalue weighted by Crippen LogP contribution is 2.25. The van der Waals surface area contributed by atoms with E-state index < -0.39 is 18.0 Å². The van der Waals surface area contributed by atoms with Crippen molar-refractivity contribution in [1.82, 2.24) is 4.90 Å². The Morgan fingerprint density at radius 3 is 1.82 bits per heavy atom. The standard InChI is InChI=1S/C31H28N2O6/c1-37-29(34)26-14-9-15-27(28(26)30(35)38-2)32-31(36)33(20-22-10-5-3-6-11-22)21-23-16-18-25(19-17-23)39-24-12-7-4-8-13-24/h3-19H,20-21H2,1-2H3,(H,32,36). The van der Waals surface area contributed by atoms with Gasteiger partial charge >= 0.3 is 18.0 Å². The van der Waals surface area contributed by atoms with E-state index in [4.69, 9.17) is 14.2 Å². The van der Waals surface area contributed by atoms with E-state index in [0.717, 1.165) is 16.9 Å². The average Bonchev–Trinajstić information content (AvgIpc) is 2.98. The third-order valence-corrected chi connectivity index (χ3v) is 5.88. The van der Waals surface area contributed by atoms with Gasteiger partial charge in [0.05, 0.1) is 31.0 Å². The number of methoxy groups -OCH3 is 2. The van der Waals surface area contributed by atoms with Crippen molar-refractivity contribution in [2.45, 2.75) is 13.1 Å². The third-order valence-electron chi connectivity index (χ3n) is 5.88. The molecule has 2 amide bonds. The fraction of sp³-hybridized carbons (Fsp3) is 0.129. The van der Waals surface area contributed by atoms with Gasteiger partial charge in [0.15, 0.2) is 0 Å². The maximum absolute atomic E-state index is 13.6. The first-order valence-electron chi connectivity index (χ1n) is 12.2. The van der Waals surface area contributed by atoms with Gasteiger partial charge in [-0.2, -0.15) is 0 Å². The summed E-state index contributed by atoms with van der Waals surface area (Å²) in [5.74, 6) is -0.0855. The first-order valence-corrected chi connectivity index (χ1v) is 12.2. The molecule has 0 heterocycles. The summed E-state index contributed by atoms with van der Waals surface area (Å²) >= 11 is 0. The summed E-state index contributed by atoms with van der Waals surface area (Å²) in [5, 5.41) is 2.78. The molecule has 39 heavy (non-hydrogen) atoms. The largest absolute Gasteiger partial charge is 0.465 e. The third kappa shape index (κ3) is 7.01. The smallest absolute Gasteiger partial charge is 0.340 e. The molecule has 198 valence electrons. The molecule has 0 radical (unpaired) electrons. The Balaban J connectivity index is 1.58. The van der Waals surface area contributed by atoms with Gasteiger partial charge in [-0.05, 0) is 47.5 Å². The zero-order chi connectivity index (χ0) is 27.6. The molecule has 1 N–H and O–H groups in total. The summed E-state index contributed by atoms with van der Waals surface area (Å²) in [4.78, 5) is 40.0. The van der Waals surface area contributed by atoms with Crippen LogP contribution < -0.4 is 10.1 Å². The lowest BCUT2D eigenvalue weighted by atomic mass is 10.1. The Hall–Kier alpha value is -5.11. The van der Waals surface area contributed by atoms with Crippen molar-refractivity contribution in [2.75, 3.05) is 19.5 Å². The molecule has 4 aromatic carbocycles. The topological polar surface area (TPSA) is 94.2 Å². The lowest BCUT2D eigenvalue weighted by molar-refractivity contribution is 0.0556. The maximum atomic E-state index is 13.6. The number of urea groups is 1. The number of rotatable bonds is 9. The predicted octanol–water partition coefficient (Wildman–Crippen LogP) is 6.29. The van der Waals surface area contributed by atoms with Gasteiger partial charge in [-0.25, -0.2) is 14.4 Å². The van der Waals surface area contributed by atoms with Crippen molar-refractivity contribution >= 4 is 23.7 Å². The van der Waals surface area contributed by atoms with Crippen molar-refractivity contribution in [1.29, 1.82) is 0 Å². The van der Waals surface area contributed by atoms with E-state index in [0.29, 0.717) is 12.3 Å². The van der Waals surface area contributed by atoms with Gasteiger partial charge in [0.25, 0.3) is 0 Å². The maximum Gasteiger partial charge on any atom is 0.340 e. The fourth-order valence-corrected chi connectivity index (χ4v) is 3.96. The highest BCUT2D eigenvalue weighted by molar-refractivity contribution is 6.09. The second-order valence-corrected chi connectivity index (χ2v) is 8.54. The average molecular weight is 525 g/mol. The van der Waals surface area contributed by atoms with E-state index in [1.165, 1.54) is 26.4 Å². The van der Waals surface area contributed by atoms with Crippen LogP contribution in [0.2, 0.25) is 0 Å². The van der Waals surface area contributed by atoms with Gasteiger partial charge in [-0.15, -0.1) is 0 Å². The summed E-state index contributed by atoms with van der Waals surface area (Å²) in [5.41, 5.74) is 1.85. The van der Waals surface area contributed by atoms with Crippen LogP contribution in [-0.2, 0) is 22.6 Å². The number of carbonyl (C=O) groups excluding carboxylic acids is 3. The number of hydrogen-bond donors (Lipinski definition) is 1. The second-order valence-electron chi connectivity index (χ2n) is 8.54. The van der Waals surface area contributed by atoms with Gasteiger partial charge in [-0.1, -0.05) is 66.7 Å².